The van der Waals surface area contributed by atoms with Crippen LogP contribution in [0, 0.1) is 13.8 Å². The average molecular weight is 253 g/mol. The maximum atomic E-state index is 12.0. The minimum Gasteiger partial charge on any atom is -0.382 e. The molecule has 0 aliphatic rings. The highest BCUT2D eigenvalue weighted by Gasteiger charge is 2.37. The number of aryl methyl sites for hydroxylation is 2. The largest absolute Gasteiger partial charge is 0.415 e. The van der Waals surface area contributed by atoms with Gasteiger partial charge in [-0.05, 0) is 25.5 Å². The van der Waals surface area contributed by atoms with Gasteiger partial charge in [-0.1, -0.05) is 0 Å². The molecule has 1 atom stereocenters. The maximum absolute atomic E-state index is 12.0. The van der Waals surface area contributed by atoms with Crippen molar-refractivity contribution in [1.82, 2.24) is 5.32 Å². The molecule has 92 valence electrons. The van der Waals surface area contributed by atoms with Gasteiger partial charge in [-0.15, -0.1) is 11.3 Å². The Labute approximate surface area is 96.1 Å². The molecule has 0 saturated carbocycles. The molecule has 16 heavy (non-hydrogen) atoms. The molecule has 2 nitrogen and oxygen atoms in total. The van der Waals surface area contributed by atoms with Crippen LogP contribution in [0.1, 0.15) is 15.3 Å². The zero-order chi connectivity index (χ0) is 12.3. The maximum Gasteiger partial charge on any atom is 0.415 e. The fourth-order valence-corrected chi connectivity index (χ4v) is 2.21. The van der Waals surface area contributed by atoms with Crippen LogP contribution in [0.2, 0.25) is 0 Å². The Balaban J connectivity index is 2.36. The van der Waals surface area contributed by atoms with E-state index in [2.05, 4.69) is 5.32 Å². The van der Waals surface area contributed by atoms with Gasteiger partial charge in [-0.3, -0.25) is 0 Å². The highest BCUT2D eigenvalue weighted by atomic mass is 32.1. The van der Waals surface area contributed by atoms with Crippen LogP contribution in [0.15, 0.2) is 6.07 Å². The standard InChI is InChI=1S/C10H14F3NOS/c1-6-3-8(16-7(6)2)4-14-5-9(15)10(11,12)13/h3,9,14-15H,4-5H2,1-2H3. The molecule has 1 unspecified atom stereocenters. The second-order valence-electron chi connectivity index (χ2n) is 3.64. The molecule has 0 aliphatic carbocycles. The molecular formula is C10H14F3NOS. The van der Waals surface area contributed by atoms with Gasteiger partial charge in [0.2, 0.25) is 0 Å². The van der Waals surface area contributed by atoms with Gasteiger partial charge in [0.15, 0.2) is 6.10 Å². The van der Waals surface area contributed by atoms with E-state index in [9.17, 15) is 13.2 Å². The molecule has 0 spiro atoms. The Hall–Kier alpha value is -0.590. The van der Waals surface area contributed by atoms with Gasteiger partial charge in [0.05, 0.1) is 0 Å². The number of hydrogen-bond acceptors (Lipinski definition) is 3. The number of halogens is 3. The highest BCUT2D eigenvalue weighted by molar-refractivity contribution is 7.12. The van der Waals surface area contributed by atoms with E-state index in [0.29, 0.717) is 6.54 Å². The summed E-state index contributed by atoms with van der Waals surface area (Å²) in [4.78, 5) is 2.14. The molecule has 1 heterocycles. The molecule has 0 saturated heterocycles. The van der Waals surface area contributed by atoms with Crippen LogP contribution in [-0.2, 0) is 6.54 Å². The summed E-state index contributed by atoms with van der Waals surface area (Å²) in [6.45, 7) is 3.81. The molecule has 1 rings (SSSR count). The molecule has 0 aromatic carbocycles. The van der Waals surface area contributed by atoms with E-state index in [4.69, 9.17) is 5.11 Å². The van der Waals surface area contributed by atoms with Crippen molar-refractivity contribution in [1.29, 1.82) is 0 Å². The van der Waals surface area contributed by atoms with Gasteiger partial charge in [-0.25, -0.2) is 0 Å². The number of thiophene rings is 1. The molecule has 0 aliphatic heterocycles. The van der Waals surface area contributed by atoms with Crippen molar-refractivity contribution in [3.8, 4) is 0 Å². The second-order valence-corrected chi connectivity index (χ2v) is 4.98. The first-order valence-electron chi connectivity index (χ1n) is 4.82. The predicted octanol–water partition coefficient (Wildman–Crippen LogP) is 2.38. The lowest BCUT2D eigenvalue weighted by Crippen LogP contribution is -2.38. The third-order valence-electron chi connectivity index (χ3n) is 2.23. The molecule has 1 aromatic rings. The van der Waals surface area contributed by atoms with Crippen molar-refractivity contribution in [2.75, 3.05) is 6.54 Å². The molecule has 2 N–H and O–H groups in total. The summed E-state index contributed by atoms with van der Waals surface area (Å²) in [6.07, 6.45) is -6.84. The zero-order valence-corrected chi connectivity index (χ0v) is 9.87. The minimum absolute atomic E-state index is 0.354. The van der Waals surface area contributed by atoms with Crippen LogP contribution in [0.3, 0.4) is 0 Å². The van der Waals surface area contributed by atoms with E-state index in [1.54, 1.807) is 11.3 Å². The van der Waals surface area contributed by atoms with Crippen molar-refractivity contribution in [2.45, 2.75) is 32.7 Å². The molecule has 6 heteroatoms. The molecule has 1 aromatic heterocycles. The van der Waals surface area contributed by atoms with Gasteiger partial charge < -0.3 is 10.4 Å². The summed E-state index contributed by atoms with van der Waals surface area (Å²) < 4.78 is 35.9. The van der Waals surface area contributed by atoms with Crippen molar-refractivity contribution in [2.24, 2.45) is 0 Å². The van der Waals surface area contributed by atoms with Crippen LogP contribution in [-0.4, -0.2) is 23.9 Å². The summed E-state index contributed by atoms with van der Waals surface area (Å²) in [5.41, 5.74) is 1.14. The monoisotopic (exact) mass is 253 g/mol. The Morgan fingerprint density at radius 2 is 2.06 bits per heavy atom. The average Bonchev–Trinajstić information content (AvgIpc) is 2.44. The van der Waals surface area contributed by atoms with Crippen LogP contribution < -0.4 is 5.32 Å². The normalized spacial score (nSPS) is 14.1. The molecule has 0 amide bonds. The number of rotatable bonds is 4. The van der Waals surface area contributed by atoms with Gasteiger partial charge in [-0.2, -0.15) is 13.2 Å². The molecule has 0 radical (unpaired) electrons. The van der Waals surface area contributed by atoms with Crippen LogP contribution in [0.5, 0.6) is 0 Å². The number of aliphatic hydroxyl groups excluding tert-OH is 1. The van der Waals surface area contributed by atoms with Crippen molar-refractivity contribution in [3.63, 3.8) is 0 Å². The highest BCUT2D eigenvalue weighted by Crippen LogP contribution is 2.21. The minimum atomic E-state index is -4.55. The van der Waals surface area contributed by atoms with Crippen LogP contribution in [0.25, 0.3) is 0 Å². The lowest BCUT2D eigenvalue weighted by Gasteiger charge is -2.14. The number of hydrogen-bond donors (Lipinski definition) is 2. The summed E-state index contributed by atoms with van der Waals surface area (Å²) in [7, 11) is 0. The van der Waals surface area contributed by atoms with E-state index in [0.717, 1.165) is 15.3 Å². The summed E-state index contributed by atoms with van der Waals surface area (Å²) >= 11 is 1.55. The van der Waals surface area contributed by atoms with E-state index in [1.807, 2.05) is 19.9 Å². The van der Waals surface area contributed by atoms with E-state index >= 15 is 0 Å². The molecule has 0 bridgehead atoms. The Bertz CT molecular complexity index is 329. The second kappa shape index (κ2) is 5.16. The lowest BCUT2D eigenvalue weighted by atomic mass is 10.3. The SMILES string of the molecule is Cc1cc(CNCC(O)C(F)(F)F)sc1C. The van der Waals surface area contributed by atoms with Gasteiger partial charge >= 0.3 is 6.18 Å². The van der Waals surface area contributed by atoms with E-state index in [-0.39, 0.29) is 0 Å². The lowest BCUT2D eigenvalue weighted by molar-refractivity contribution is -0.201. The van der Waals surface area contributed by atoms with E-state index < -0.39 is 18.8 Å². The first-order valence-corrected chi connectivity index (χ1v) is 5.63. The zero-order valence-electron chi connectivity index (χ0n) is 9.06. The predicted molar refractivity (Wildman–Crippen MR) is 57.6 cm³/mol. The van der Waals surface area contributed by atoms with Gasteiger partial charge in [0.25, 0.3) is 0 Å². The summed E-state index contributed by atoms with van der Waals surface area (Å²) in [5.74, 6) is 0. The topological polar surface area (TPSA) is 32.3 Å². The third-order valence-corrected chi connectivity index (χ3v) is 3.38. The first-order chi connectivity index (χ1) is 7.30. The Morgan fingerprint density at radius 3 is 2.50 bits per heavy atom. The van der Waals surface area contributed by atoms with Crippen LogP contribution >= 0.6 is 11.3 Å². The van der Waals surface area contributed by atoms with Crippen molar-refractivity contribution >= 4 is 11.3 Å². The number of alkyl halides is 3. The summed E-state index contributed by atoms with van der Waals surface area (Å²) in [6, 6.07) is 1.94. The Morgan fingerprint density at radius 1 is 1.44 bits per heavy atom. The first kappa shape index (κ1) is 13.5. The van der Waals surface area contributed by atoms with E-state index in [1.165, 1.54) is 0 Å². The van der Waals surface area contributed by atoms with Gasteiger partial charge in [0.1, 0.15) is 0 Å². The molecular weight excluding hydrogens is 239 g/mol. The third kappa shape index (κ3) is 3.77. The number of aliphatic hydroxyl groups is 1. The number of nitrogens with one attached hydrogen (secondary N) is 1. The quantitative estimate of drug-likeness (QED) is 0.863. The summed E-state index contributed by atoms with van der Waals surface area (Å²) in [5, 5.41) is 11.3. The Kier molecular flexibility index (Phi) is 4.35. The van der Waals surface area contributed by atoms with Gasteiger partial charge in [0, 0.05) is 22.8 Å². The van der Waals surface area contributed by atoms with Crippen LogP contribution in [0.4, 0.5) is 13.2 Å². The fraction of sp³-hybridized carbons (Fsp3) is 0.600. The fourth-order valence-electron chi connectivity index (χ4n) is 1.18. The molecule has 0 fully saturated rings. The van der Waals surface area contributed by atoms with Crippen molar-refractivity contribution < 1.29 is 18.3 Å². The van der Waals surface area contributed by atoms with Crippen molar-refractivity contribution in [3.05, 3.63) is 21.4 Å². The smallest absolute Gasteiger partial charge is 0.382 e.